The van der Waals surface area contributed by atoms with Crippen LogP contribution >= 0.6 is 12.2 Å². The van der Waals surface area contributed by atoms with E-state index >= 15 is 0 Å². The molecule has 1 aliphatic rings. The van der Waals surface area contributed by atoms with Gasteiger partial charge in [-0.05, 0) is 18.3 Å². The number of nitrogens with one attached hydrogen (secondary N) is 1. The van der Waals surface area contributed by atoms with E-state index < -0.39 is 0 Å². The Morgan fingerprint density at radius 1 is 1.78 bits per heavy atom. The number of rotatable bonds is 0. The summed E-state index contributed by atoms with van der Waals surface area (Å²) in [7, 11) is 1.81. The molecule has 0 amide bonds. The summed E-state index contributed by atoms with van der Waals surface area (Å²) in [6, 6.07) is 0. The smallest absolute Gasteiger partial charge is 0.213 e. The van der Waals surface area contributed by atoms with Crippen molar-refractivity contribution >= 4 is 23.5 Å². The van der Waals surface area contributed by atoms with Crippen molar-refractivity contribution in [3.63, 3.8) is 0 Å². The fraction of sp³-hybridized carbons (Fsp3) is 0.200. The van der Waals surface area contributed by atoms with Crippen LogP contribution in [-0.2, 0) is 0 Å². The summed E-state index contributed by atoms with van der Waals surface area (Å²) in [6.07, 6.45) is 5.21. The first-order valence-electron chi connectivity index (χ1n) is 2.54. The zero-order valence-corrected chi connectivity index (χ0v) is 5.85. The minimum Gasteiger partial charge on any atom is -0.304 e. The van der Waals surface area contributed by atoms with Gasteiger partial charge in [0, 0.05) is 19.5 Å². The summed E-state index contributed by atoms with van der Waals surface area (Å²) in [5.41, 5.74) is 2.88. The zero-order chi connectivity index (χ0) is 6.69. The molecule has 0 spiro atoms. The topological polar surface area (TPSA) is 27.6 Å². The Bertz CT molecular complexity index is 173. The van der Waals surface area contributed by atoms with Gasteiger partial charge in [-0.3, -0.25) is 5.01 Å². The normalized spacial score (nSPS) is 17.4. The fourth-order valence-electron chi connectivity index (χ4n) is 0.446. The van der Waals surface area contributed by atoms with Gasteiger partial charge in [-0.2, -0.15) is 0 Å². The molecule has 0 fully saturated rings. The largest absolute Gasteiger partial charge is 0.304 e. The highest BCUT2D eigenvalue weighted by Crippen LogP contribution is 1.87. The predicted molar refractivity (Wildman–Crippen MR) is 41.1 cm³/mol. The Morgan fingerprint density at radius 2 is 2.56 bits per heavy atom. The number of hydrogen-bond acceptors (Lipinski definition) is 2. The van der Waals surface area contributed by atoms with Gasteiger partial charge in [0.1, 0.15) is 0 Å². The average Bonchev–Trinajstić information content (AvgIpc) is 1.99. The van der Waals surface area contributed by atoms with E-state index in [1.165, 1.54) is 0 Å². The monoisotopic (exact) mass is 141 g/mol. The Kier molecular flexibility index (Phi) is 1.79. The van der Waals surface area contributed by atoms with Crippen LogP contribution in [0.3, 0.4) is 0 Å². The first-order chi connectivity index (χ1) is 4.30. The van der Waals surface area contributed by atoms with Crippen molar-refractivity contribution < 1.29 is 0 Å². The van der Waals surface area contributed by atoms with Gasteiger partial charge in [-0.15, -0.1) is 0 Å². The lowest BCUT2D eigenvalue weighted by molar-refractivity contribution is 0.439. The van der Waals surface area contributed by atoms with Crippen molar-refractivity contribution in [2.24, 2.45) is 4.99 Å². The first-order valence-corrected chi connectivity index (χ1v) is 2.94. The van der Waals surface area contributed by atoms with Crippen LogP contribution < -0.4 is 5.43 Å². The molecule has 9 heavy (non-hydrogen) atoms. The second kappa shape index (κ2) is 2.59. The van der Waals surface area contributed by atoms with Crippen molar-refractivity contribution in [3.8, 4) is 0 Å². The molecule has 0 aliphatic carbocycles. The SMILES string of the molecule is CN1NC=CC=NC1=S. The molecule has 0 saturated heterocycles. The number of allylic oxidation sites excluding steroid dienone is 1. The molecule has 0 bridgehead atoms. The van der Waals surface area contributed by atoms with Crippen LogP contribution in [0.4, 0.5) is 0 Å². The third-order valence-corrected chi connectivity index (χ3v) is 1.30. The van der Waals surface area contributed by atoms with E-state index in [-0.39, 0.29) is 0 Å². The van der Waals surface area contributed by atoms with Crippen LogP contribution in [0.15, 0.2) is 17.3 Å². The van der Waals surface area contributed by atoms with Gasteiger partial charge in [0.05, 0.1) is 0 Å². The van der Waals surface area contributed by atoms with Crippen molar-refractivity contribution in [1.29, 1.82) is 0 Å². The van der Waals surface area contributed by atoms with Crippen LogP contribution in [0, 0.1) is 0 Å². The van der Waals surface area contributed by atoms with Crippen LogP contribution in [0.5, 0.6) is 0 Å². The third kappa shape index (κ3) is 1.50. The number of hydrogen-bond donors (Lipinski definition) is 1. The number of hydrazine groups is 1. The molecule has 1 aliphatic heterocycles. The maximum Gasteiger partial charge on any atom is 0.213 e. The van der Waals surface area contributed by atoms with Gasteiger partial charge in [0.25, 0.3) is 0 Å². The second-order valence-electron chi connectivity index (χ2n) is 1.61. The van der Waals surface area contributed by atoms with Crippen molar-refractivity contribution in [2.75, 3.05) is 7.05 Å². The van der Waals surface area contributed by atoms with E-state index in [9.17, 15) is 0 Å². The maximum absolute atomic E-state index is 4.84. The molecule has 0 aromatic carbocycles. The molecule has 3 nitrogen and oxygen atoms in total. The van der Waals surface area contributed by atoms with E-state index in [4.69, 9.17) is 12.2 Å². The molecule has 1 rings (SSSR count). The van der Waals surface area contributed by atoms with Gasteiger partial charge in [-0.25, -0.2) is 4.99 Å². The fourth-order valence-corrected chi connectivity index (χ4v) is 0.560. The molecule has 1 N–H and O–H groups in total. The summed E-state index contributed by atoms with van der Waals surface area (Å²) >= 11 is 4.84. The molecule has 0 unspecified atom stereocenters. The van der Waals surface area contributed by atoms with E-state index in [1.54, 1.807) is 23.5 Å². The quantitative estimate of drug-likeness (QED) is 0.492. The molecule has 0 atom stereocenters. The van der Waals surface area contributed by atoms with E-state index in [1.807, 2.05) is 7.05 Å². The van der Waals surface area contributed by atoms with Gasteiger partial charge < -0.3 is 5.43 Å². The van der Waals surface area contributed by atoms with Crippen LogP contribution in [0.1, 0.15) is 0 Å². The molecular weight excluding hydrogens is 134 g/mol. The zero-order valence-electron chi connectivity index (χ0n) is 5.03. The lowest BCUT2D eigenvalue weighted by Gasteiger charge is -2.13. The molecule has 0 radical (unpaired) electrons. The molecule has 0 aromatic heterocycles. The van der Waals surface area contributed by atoms with Crippen molar-refractivity contribution in [3.05, 3.63) is 12.3 Å². The third-order valence-electron chi connectivity index (χ3n) is 0.922. The highest BCUT2D eigenvalue weighted by molar-refractivity contribution is 7.80. The molecular formula is C5H7N3S. The maximum atomic E-state index is 4.84. The number of aliphatic imine (C=N–C) groups is 1. The Morgan fingerprint density at radius 3 is 3.33 bits per heavy atom. The lowest BCUT2D eigenvalue weighted by Crippen LogP contribution is -2.32. The summed E-state index contributed by atoms with van der Waals surface area (Å²) in [4.78, 5) is 3.89. The molecule has 4 heteroatoms. The van der Waals surface area contributed by atoms with Gasteiger partial charge >= 0.3 is 0 Å². The summed E-state index contributed by atoms with van der Waals surface area (Å²) in [6.45, 7) is 0. The second-order valence-corrected chi connectivity index (χ2v) is 1.97. The van der Waals surface area contributed by atoms with Crippen molar-refractivity contribution in [1.82, 2.24) is 10.4 Å². The predicted octanol–water partition coefficient (Wildman–Crippen LogP) is 0.306. The minimum atomic E-state index is 0.542. The highest BCUT2D eigenvalue weighted by Gasteiger charge is 1.98. The Balaban J connectivity index is 2.69. The van der Waals surface area contributed by atoms with E-state index in [0.29, 0.717) is 5.11 Å². The van der Waals surface area contributed by atoms with Crippen molar-refractivity contribution in [2.45, 2.75) is 0 Å². The Labute approximate surface area is 59.0 Å². The highest BCUT2D eigenvalue weighted by atomic mass is 32.1. The summed E-state index contributed by atoms with van der Waals surface area (Å²) in [5, 5.41) is 2.20. The molecule has 48 valence electrons. The molecule has 1 heterocycles. The van der Waals surface area contributed by atoms with Crippen LogP contribution in [0.25, 0.3) is 0 Å². The number of nitrogens with zero attached hydrogens (tertiary/aromatic N) is 2. The Hall–Kier alpha value is -0.900. The minimum absolute atomic E-state index is 0.542. The summed E-state index contributed by atoms with van der Waals surface area (Å²) < 4.78 is 0. The van der Waals surface area contributed by atoms with Gasteiger partial charge in [-0.1, -0.05) is 0 Å². The van der Waals surface area contributed by atoms with E-state index in [2.05, 4.69) is 10.4 Å². The standard InChI is InChI=1S/C5H7N3S/c1-8-5(9)6-3-2-4-7-8/h2-4,7H,1H3. The van der Waals surface area contributed by atoms with Crippen LogP contribution in [0.2, 0.25) is 0 Å². The number of thiocarbonyl (C=S) groups is 1. The van der Waals surface area contributed by atoms with Gasteiger partial charge in [0.2, 0.25) is 5.11 Å². The van der Waals surface area contributed by atoms with Gasteiger partial charge in [0.15, 0.2) is 0 Å². The van der Waals surface area contributed by atoms with Crippen LogP contribution in [-0.4, -0.2) is 23.4 Å². The lowest BCUT2D eigenvalue weighted by atomic mass is 10.7. The first kappa shape index (κ1) is 6.22. The molecule has 0 aromatic rings. The molecule has 0 saturated carbocycles. The summed E-state index contributed by atoms with van der Waals surface area (Å²) in [5.74, 6) is 0. The van der Waals surface area contributed by atoms with E-state index in [0.717, 1.165) is 0 Å². The average molecular weight is 141 g/mol.